The third-order valence-corrected chi connectivity index (χ3v) is 2.46. The molecule has 0 atom stereocenters. The normalized spacial score (nSPS) is 10.8. The number of nitrogens with one attached hydrogen (secondary N) is 1. The van der Waals surface area contributed by atoms with Crippen molar-refractivity contribution in [3.63, 3.8) is 0 Å². The summed E-state index contributed by atoms with van der Waals surface area (Å²) >= 11 is 0. The predicted octanol–water partition coefficient (Wildman–Crippen LogP) is 1.33. The van der Waals surface area contributed by atoms with Crippen molar-refractivity contribution in [2.45, 2.75) is 26.4 Å². The Labute approximate surface area is 109 Å². The Hall–Kier alpha value is -2.22. The van der Waals surface area contributed by atoms with Crippen LogP contribution in [0, 0.1) is 10.1 Å². The van der Waals surface area contributed by atoms with Crippen LogP contribution in [0.25, 0.3) is 0 Å². The minimum atomic E-state index is -0.565. The van der Waals surface area contributed by atoms with Crippen LogP contribution in [-0.4, -0.2) is 26.5 Å². The number of nitrogens with zero attached hydrogens (tertiary/aromatic N) is 4. The van der Waals surface area contributed by atoms with Crippen LogP contribution < -0.4 is 5.32 Å². The molecule has 0 unspecified atom stereocenters. The average molecular weight is 265 g/mol. The lowest BCUT2D eigenvalue weighted by Crippen LogP contribution is -2.13. The minimum absolute atomic E-state index is 0.264. The quantitative estimate of drug-likeness (QED) is 0.460. The number of furan rings is 1. The lowest BCUT2D eigenvalue weighted by molar-refractivity contribution is -0.402. The topological polar surface area (TPSA) is 99.0 Å². The molecule has 0 radical (unpaired) electrons. The van der Waals surface area contributed by atoms with Gasteiger partial charge in [0.1, 0.15) is 17.2 Å². The molecule has 0 aromatic carbocycles. The molecule has 0 fully saturated rings. The first-order valence-corrected chi connectivity index (χ1v) is 6.02. The van der Waals surface area contributed by atoms with Gasteiger partial charge in [-0.15, -0.1) is 5.10 Å². The average Bonchev–Trinajstić information content (AvgIpc) is 3.00. The highest BCUT2D eigenvalue weighted by Gasteiger charge is 2.12. The summed E-state index contributed by atoms with van der Waals surface area (Å²) in [5.74, 6) is 0.213. The van der Waals surface area contributed by atoms with Gasteiger partial charge in [-0.25, -0.2) is 4.68 Å². The predicted molar refractivity (Wildman–Crippen MR) is 66.5 cm³/mol. The first-order chi connectivity index (χ1) is 9.19. The molecule has 0 saturated carbocycles. The van der Waals surface area contributed by atoms with Crippen molar-refractivity contribution in [1.29, 1.82) is 0 Å². The first-order valence-electron chi connectivity index (χ1n) is 6.02. The van der Waals surface area contributed by atoms with E-state index in [4.69, 9.17) is 4.42 Å². The lowest BCUT2D eigenvalue weighted by Gasteiger charge is -1.97. The molecule has 0 saturated heterocycles. The molecule has 8 nitrogen and oxygen atoms in total. The molecule has 0 aliphatic rings. The molecular weight excluding hydrogens is 250 g/mol. The second-order valence-corrected chi connectivity index (χ2v) is 4.08. The number of rotatable bonds is 7. The van der Waals surface area contributed by atoms with Crippen LogP contribution in [0.4, 0.5) is 5.88 Å². The first kappa shape index (κ1) is 13.2. The molecule has 2 rings (SSSR count). The second kappa shape index (κ2) is 6.10. The van der Waals surface area contributed by atoms with Crippen molar-refractivity contribution in [2.75, 3.05) is 6.54 Å². The standard InChI is InChI=1S/C11H15N5O3/c1-2-5-12-6-9-7-15(14-13-9)8-10-3-4-11(19-10)16(17)18/h3-4,7,12H,2,5-6,8H2,1H3. The Morgan fingerprint density at radius 3 is 3.05 bits per heavy atom. The van der Waals surface area contributed by atoms with Gasteiger partial charge in [0.15, 0.2) is 0 Å². The highest BCUT2D eigenvalue weighted by molar-refractivity contribution is 5.17. The third-order valence-electron chi connectivity index (χ3n) is 2.46. The van der Waals surface area contributed by atoms with Gasteiger partial charge in [0.25, 0.3) is 0 Å². The van der Waals surface area contributed by atoms with Gasteiger partial charge in [-0.2, -0.15) is 0 Å². The summed E-state index contributed by atoms with van der Waals surface area (Å²) in [6, 6.07) is 2.89. The maximum absolute atomic E-state index is 10.5. The molecule has 0 bridgehead atoms. The second-order valence-electron chi connectivity index (χ2n) is 4.08. The monoisotopic (exact) mass is 265 g/mol. The summed E-state index contributed by atoms with van der Waals surface area (Å²) in [4.78, 5) is 9.92. The Kier molecular flexibility index (Phi) is 4.24. The van der Waals surface area contributed by atoms with E-state index in [9.17, 15) is 10.1 Å². The summed E-state index contributed by atoms with van der Waals surface area (Å²) in [5, 5.41) is 21.6. The third kappa shape index (κ3) is 3.62. The molecule has 2 aromatic rings. The molecule has 0 spiro atoms. The number of aromatic nitrogens is 3. The number of nitro groups is 1. The lowest BCUT2D eigenvalue weighted by atomic mass is 10.4. The maximum atomic E-state index is 10.5. The zero-order valence-corrected chi connectivity index (χ0v) is 10.6. The Morgan fingerprint density at radius 2 is 2.37 bits per heavy atom. The Bertz CT molecular complexity index is 548. The molecule has 2 heterocycles. The van der Waals surface area contributed by atoms with Crippen LogP contribution in [0.3, 0.4) is 0 Å². The summed E-state index contributed by atoms with van der Waals surface area (Å²) in [6.45, 7) is 4.01. The number of hydrogen-bond donors (Lipinski definition) is 1. The summed E-state index contributed by atoms with van der Waals surface area (Å²) in [6.07, 6.45) is 2.85. The molecular formula is C11H15N5O3. The molecule has 102 valence electrons. The maximum Gasteiger partial charge on any atom is 0.433 e. The van der Waals surface area contributed by atoms with E-state index in [-0.39, 0.29) is 5.88 Å². The molecule has 1 N–H and O–H groups in total. The zero-order chi connectivity index (χ0) is 13.7. The van der Waals surface area contributed by atoms with E-state index >= 15 is 0 Å². The van der Waals surface area contributed by atoms with E-state index in [0.29, 0.717) is 18.8 Å². The van der Waals surface area contributed by atoms with Crippen LogP contribution >= 0.6 is 0 Å². The highest BCUT2D eigenvalue weighted by atomic mass is 16.6. The van der Waals surface area contributed by atoms with E-state index in [2.05, 4.69) is 22.6 Å². The van der Waals surface area contributed by atoms with Crippen LogP contribution in [0.2, 0.25) is 0 Å². The van der Waals surface area contributed by atoms with Gasteiger partial charge < -0.3 is 9.73 Å². The van der Waals surface area contributed by atoms with E-state index in [1.54, 1.807) is 16.9 Å². The summed E-state index contributed by atoms with van der Waals surface area (Å²) in [5.41, 5.74) is 0.828. The van der Waals surface area contributed by atoms with E-state index in [1.807, 2.05) is 0 Å². The molecule has 0 aliphatic heterocycles. The Morgan fingerprint density at radius 1 is 1.53 bits per heavy atom. The zero-order valence-electron chi connectivity index (χ0n) is 10.6. The highest BCUT2D eigenvalue weighted by Crippen LogP contribution is 2.16. The fraction of sp³-hybridized carbons (Fsp3) is 0.455. The molecule has 8 heteroatoms. The van der Waals surface area contributed by atoms with E-state index in [0.717, 1.165) is 18.7 Å². The largest absolute Gasteiger partial charge is 0.433 e. The van der Waals surface area contributed by atoms with Crippen LogP contribution in [0.15, 0.2) is 22.7 Å². The van der Waals surface area contributed by atoms with E-state index < -0.39 is 4.92 Å². The van der Waals surface area contributed by atoms with Crippen molar-refractivity contribution in [3.05, 3.63) is 39.9 Å². The van der Waals surface area contributed by atoms with Gasteiger partial charge in [0.05, 0.1) is 18.0 Å². The van der Waals surface area contributed by atoms with Crippen LogP contribution in [0.5, 0.6) is 0 Å². The van der Waals surface area contributed by atoms with E-state index in [1.165, 1.54) is 6.07 Å². The fourth-order valence-electron chi connectivity index (χ4n) is 1.60. The van der Waals surface area contributed by atoms with Gasteiger partial charge in [0.2, 0.25) is 0 Å². The van der Waals surface area contributed by atoms with Crippen molar-refractivity contribution < 1.29 is 9.34 Å². The van der Waals surface area contributed by atoms with Crippen molar-refractivity contribution in [3.8, 4) is 0 Å². The van der Waals surface area contributed by atoms with Gasteiger partial charge in [-0.3, -0.25) is 10.1 Å². The van der Waals surface area contributed by atoms with Gasteiger partial charge in [-0.1, -0.05) is 12.1 Å². The minimum Gasteiger partial charge on any atom is -0.404 e. The van der Waals surface area contributed by atoms with Crippen molar-refractivity contribution >= 4 is 5.88 Å². The van der Waals surface area contributed by atoms with Gasteiger partial charge in [-0.05, 0) is 19.0 Å². The molecule has 2 aromatic heterocycles. The van der Waals surface area contributed by atoms with Gasteiger partial charge >= 0.3 is 5.88 Å². The molecule has 19 heavy (non-hydrogen) atoms. The SMILES string of the molecule is CCCNCc1cn(Cc2ccc([N+](=O)[O-])o2)nn1. The van der Waals surface area contributed by atoms with Crippen LogP contribution in [-0.2, 0) is 13.1 Å². The Balaban J connectivity index is 1.93. The molecule has 0 amide bonds. The van der Waals surface area contributed by atoms with Gasteiger partial charge in [0, 0.05) is 6.54 Å². The van der Waals surface area contributed by atoms with Crippen LogP contribution in [0.1, 0.15) is 24.8 Å². The van der Waals surface area contributed by atoms with Crippen molar-refractivity contribution in [1.82, 2.24) is 20.3 Å². The smallest absolute Gasteiger partial charge is 0.404 e. The van der Waals surface area contributed by atoms with Crippen molar-refractivity contribution in [2.24, 2.45) is 0 Å². The molecule has 0 aliphatic carbocycles. The number of hydrogen-bond acceptors (Lipinski definition) is 6. The fourth-order valence-corrected chi connectivity index (χ4v) is 1.60. The summed E-state index contributed by atoms with van der Waals surface area (Å²) in [7, 11) is 0. The summed E-state index contributed by atoms with van der Waals surface area (Å²) < 4.78 is 6.64.